The van der Waals surface area contributed by atoms with Crippen molar-refractivity contribution in [2.24, 2.45) is 0 Å². The molecule has 0 amide bonds. The molecule has 0 unspecified atom stereocenters. The van der Waals surface area contributed by atoms with Gasteiger partial charge in [-0.05, 0) is 47.1 Å². The normalized spacial score (nSPS) is 18.9. The van der Waals surface area contributed by atoms with Gasteiger partial charge in [-0.25, -0.2) is 0 Å². The molecule has 0 N–H and O–H groups in total. The molecule has 3 rings (SSSR count). The van der Waals surface area contributed by atoms with Crippen molar-refractivity contribution in [3.05, 3.63) is 53.1 Å². The van der Waals surface area contributed by atoms with Crippen LogP contribution >= 0.6 is 0 Å². The van der Waals surface area contributed by atoms with E-state index >= 15 is 0 Å². The summed E-state index contributed by atoms with van der Waals surface area (Å²) < 4.78 is 24.7. The van der Waals surface area contributed by atoms with Gasteiger partial charge in [0.2, 0.25) is 0 Å². The molecule has 28 heavy (non-hydrogen) atoms. The van der Waals surface area contributed by atoms with Gasteiger partial charge in [-0.1, -0.05) is 30.3 Å². The molecule has 2 atom stereocenters. The van der Waals surface area contributed by atoms with E-state index in [4.69, 9.17) is 18.9 Å². The van der Waals surface area contributed by atoms with Crippen LogP contribution in [0.3, 0.4) is 0 Å². The number of ether oxygens (including phenoxy) is 4. The molecule has 2 aromatic rings. The summed E-state index contributed by atoms with van der Waals surface area (Å²) >= 11 is 0. The van der Waals surface area contributed by atoms with Gasteiger partial charge in [0.05, 0.1) is 24.4 Å². The Kier molecular flexibility index (Phi) is 6.50. The lowest BCUT2D eigenvalue weighted by atomic mass is 9.92. The first kappa shape index (κ1) is 20.5. The van der Waals surface area contributed by atoms with E-state index in [-0.39, 0.29) is 24.4 Å². The van der Waals surface area contributed by atoms with Crippen molar-refractivity contribution in [3.63, 3.8) is 0 Å². The zero-order valence-electron chi connectivity index (χ0n) is 17.8. The van der Waals surface area contributed by atoms with Gasteiger partial charge in [0.25, 0.3) is 0 Å². The molecule has 0 saturated heterocycles. The van der Waals surface area contributed by atoms with Gasteiger partial charge < -0.3 is 18.9 Å². The van der Waals surface area contributed by atoms with E-state index in [1.165, 1.54) is 0 Å². The van der Waals surface area contributed by atoms with Gasteiger partial charge >= 0.3 is 0 Å². The predicted molar refractivity (Wildman–Crippen MR) is 111 cm³/mol. The Morgan fingerprint density at radius 1 is 0.964 bits per heavy atom. The van der Waals surface area contributed by atoms with Crippen molar-refractivity contribution in [1.82, 2.24) is 0 Å². The van der Waals surface area contributed by atoms with Gasteiger partial charge in [0, 0.05) is 23.6 Å². The molecule has 2 aromatic carbocycles. The molecular formula is C24H32O4. The van der Waals surface area contributed by atoms with E-state index in [1.807, 2.05) is 52.0 Å². The quantitative estimate of drug-likeness (QED) is 0.599. The van der Waals surface area contributed by atoms with Crippen molar-refractivity contribution in [2.75, 3.05) is 0 Å². The Bertz CT molecular complexity index is 783. The van der Waals surface area contributed by atoms with Gasteiger partial charge in [-0.15, -0.1) is 0 Å². The van der Waals surface area contributed by atoms with Crippen LogP contribution < -0.4 is 14.2 Å². The Morgan fingerprint density at radius 3 is 2.25 bits per heavy atom. The Morgan fingerprint density at radius 2 is 1.61 bits per heavy atom. The lowest BCUT2D eigenvalue weighted by molar-refractivity contribution is -0.00790. The van der Waals surface area contributed by atoms with Crippen LogP contribution in [0.4, 0.5) is 0 Å². The fraction of sp³-hybridized carbons (Fsp3) is 0.500. The Balaban J connectivity index is 2.07. The zero-order chi connectivity index (χ0) is 20.3. The summed E-state index contributed by atoms with van der Waals surface area (Å²) in [5, 5.41) is 0. The van der Waals surface area contributed by atoms with Crippen molar-refractivity contribution in [1.29, 1.82) is 0 Å². The third-order valence-electron chi connectivity index (χ3n) is 4.64. The van der Waals surface area contributed by atoms with Gasteiger partial charge in [0.1, 0.15) is 12.4 Å². The minimum absolute atomic E-state index is 0.0405. The van der Waals surface area contributed by atoms with E-state index in [9.17, 15) is 0 Å². The van der Waals surface area contributed by atoms with Crippen molar-refractivity contribution < 1.29 is 18.9 Å². The predicted octanol–water partition coefficient (Wildman–Crippen LogP) is 5.86. The van der Waals surface area contributed by atoms with Crippen molar-refractivity contribution in [2.45, 2.75) is 79.0 Å². The van der Waals surface area contributed by atoms with E-state index in [0.29, 0.717) is 6.61 Å². The number of hydrogen-bond acceptors (Lipinski definition) is 4. The molecule has 4 nitrogen and oxygen atoms in total. The second kappa shape index (κ2) is 8.87. The molecule has 0 bridgehead atoms. The van der Waals surface area contributed by atoms with Crippen LogP contribution in [0.1, 0.15) is 64.3 Å². The second-order valence-corrected chi connectivity index (χ2v) is 7.99. The molecule has 0 saturated carbocycles. The van der Waals surface area contributed by atoms with Crippen LogP contribution in [0.2, 0.25) is 0 Å². The molecule has 0 fully saturated rings. The van der Waals surface area contributed by atoms with Gasteiger partial charge in [0.15, 0.2) is 11.5 Å². The minimum Gasteiger partial charge on any atom is -0.490 e. The number of hydrogen-bond donors (Lipinski definition) is 0. The first-order chi connectivity index (χ1) is 13.3. The van der Waals surface area contributed by atoms with Crippen LogP contribution in [0.15, 0.2) is 36.4 Å². The largest absolute Gasteiger partial charge is 0.490 e. The fourth-order valence-electron chi connectivity index (χ4n) is 3.66. The lowest BCUT2D eigenvalue weighted by Gasteiger charge is -2.33. The maximum absolute atomic E-state index is 6.34. The smallest absolute Gasteiger partial charge is 0.165 e. The summed E-state index contributed by atoms with van der Waals surface area (Å²) in [4.78, 5) is 0. The Hall–Kier alpha value is -2.20. The summed E-state index contributed by atoms with van der Waals surface area (Å²) in [6, 6.07) is 12.2. The summed E-state index contributed by atoms with van der Waals surface area (Å²) in [7, 11) is 0. The van der Waals surface area contributed by atoms with Crippen LogP contribution in [-0.2, 0) is 17.8 Å². The molecule has 0 radical (unpaired) electrons. The third kappa shape index (κ3) is 4.79. The molecule has 0 aliphatic carbocycles. The fourth-order valence-corrected chi connectivity index (χ4v) is 3.66. The van der Waals surface area contributed by atoms with Crippen molar-refractivity contribution >= 4 is 0 Å². The average molecular weight is 385 g/mol. The SMILES string of the molecule is CC(C)Oc1cc(OC(C)C)c2c(c1OCc1ccccc1)C[C@H](C)O[C@H]2C. The number of fused-ring (bicyclic) bond motifs is 1. The second-order valence-electron chi connectivity index (χ2n) is 7.99. The summed E-state index contributed by atoms with van der Waals surface area (Å²) in [6.45, 7) is 12.8. The monoisotopic (exact) mass is 384 g/mol. The zero-order valence-corrected chi connectivity index (χ0v) is 17.8. The van der Waals surface area contributed by atoms with Crippen molar-refractivity contribution in [3.8, 4) is 17.2 Å². The summed E-state index contributed by atoms with van der Waals surface area (Å²) in [5.74, 6) is 2.37. The summed E-state index contributed by atoms with van der Waals surface area (Å²) in [5.41, 5.74) is 3.34. The van der Waals surface area contributed by atoms with Crippen LogP contribution in [0.25, 0.3) is 0 Å². The highest BCUT2D eigenvalue weighted by Crippen LogP contribution is 2.47. The van der Waals surface area contributed by atoms with Gasteiger partial charge in [-0.2, -0.15) is 0 Å². The molecule has 1 heterocycles. The number of rotatable bonds is 7. The molecule has 152 valence electrons. The van der Waals surface area contributed by atoms with Crippen LogP contribution in [0, 0.1) is 0 Å². The number of benzene rings is 2. The lowest BCUT2D eigenvalue weighted by Crippen LogP contribution is -2.25. The standard InChI is InChI=1S/C24H32O4/c1-15(2)26-21-13-22(27-16(3)4)24(25-14-19-10-8-7-9-11-19)20-12-17(5)28-18(6)23(20)21/h7-11,13,15-18H,12,14H2,1-6H3/t17-,18-/m0/s1. The molecular weight excluding hydrogens is 352 g/mol. The topological polar surface area (TPSA) is 36.9 Å². The summed E-state index contributed by atoms with van der Waals surface area (Å²) in [6.07, 6.45) is 0.938. The highest BCUT2D eigenvalue weighted by molar-refractivity contribution is 5.59. The van der Waals surface area contributed by atoms with Crippen LogP contribution in [-0.4, -0.2) is 18.3 Å². The third-order valence-corrected chi connectivity index (χ3v) is 4.64. The molecule has 4 heteroatoms. The molecule has 1 aliphatic heterocycles. The van der Waals surface area contributed by atoms with E-state index < -0.39 is 0 Å². The highest BCUT2D eigenvalue weighted by atomic mass is 16.5. The average Bonchev–Trinajstić information content (AvgIpc) is 2.60. The Labute approximate surface area is 168 Å². The maximum atomic E-state index is 6.34. The van der Waals surface area contributed by atoms with E-state index in [2.05, 4.69) is 26.0 Å². The highest BCUT2D eigenvalue weighted by Gasteiger charge is 2.31. The maximum Gasteiger partial charge on any atom is 0.165 e. The molecule has 0 spiro atoms. The minimum atomic E-state index is -0.0559. The molecule has 1 aliphatic rings. The van der Waals surface area contributed by atoms with E-state index in [1.54, 1.807) is 0 Å². The first-order valence-corrected chi connectivity index (χ1v) is 10.2. The van der Waals surface area contributed by atoms with E-state index in [0.717, 1.165) is 40.4 Å². The van der Waals surface area contributed by atoms with Crippen LogP contribution in [0.5, 0.6) is 17.2 Å². The van der Waals surface area contributed by atoms with Gasteiger partial charge in [-0.3, -0.25) is 0 Å². The first-order valence-electron chi connectivity index (χ1n) is 10.2. The molecule has 0 aromatic heterocycles.